The van der Waals surface area contributed by atoms with Crippen LogP contribution in [0.25, 0.3) is 16.9 Å². The number of aliphatic hydroxyl groups excluding tert-OH is 1. The lowest BCUT2D eigenvalue weighted by molar-refractivity contribution is 0.0610. The first-order chi connectivity index (χ1) is 23.1. The van der Waals surface area contributed by atoms with Crippen LogP contribution in [0.3, 0.4) is 0 Å². The fourth-order valence-electron chi connectivity index (χ4n) is 5.84. The number of nitrogens with zero attached hydrogens (tertiary/aromatic N) is 5. The molecule has 0 unspecified atom stereocenters. The Bertz CT molecular complexity index is 2020. The maximum absolute atomic E-state index is 14.2. The highest BCUT2D eigenvalue weighted by Gasteiger charge is 2.35. The average Bonchev–Trinajstić information content (AvgIpc) is 3.38. The molecule has 2 atom stereocenters. The second kappa shape index (κ2) is 14.0. The van der Waals surface area contributed by atoms with Crippen molar-refractivity contribution in [1.82, 2.24) is 29.5 Å². The minimum Gasteiger partial charge on any atom is -0.491 e. The van der Waals surface area contributed by atoms with E-state index in [4.69, 9.17) is 4.74 Å². The summed E-state index contributed by atoms with van der Waals surface area (Å²) in [4.78, 5) is 43.8. The molecule has 0 spiro atoms. The predicted molar refractivity (Wildman–Crippen MR) is 184 cm³/mol. The molecule has 5 aromatic rings. The van der Waals surface area contributed by atoms with Gasteiger partial charge >= 0.3 is 5.69 Å². The summed E-state index contributed by atoms with van der Waals surface area (Å²) in [6, 6.07) is 23.1. The molecule has 3 heterocycles. The molecule has 1 aliphatic rings. The summed E-state index contributed by atoms with van der Waals surface area (Å²) < 4.78 is 9.49. The van der Waals surface area contributed by atoms with E-state index in [2.05, 4.69) is 31.4 Å². The van der Waals surface area contributed by atoms with E-state index in [0.29, 0.717) is 28.4 Å². The number of benzene rings is 3. The quantitative estimate of drug-likeness (QED) is 0.223. The van der Waals surface area contributed by atoms with Crippen molar-refractivity contribution in [2.75, 3.05) is 6.61 Å². The molecule has 0 fully saturated rings. The van der Waals surface area contributed by atoms with Crippen LogP contribution in [-0.4, -0.2) is 59.9 Å². The van der Waals surface area contributed by atoms with E-state index in [1.54, 1.807) is 59.0 Å². The van der Waals surface area contributed by atoms with E-state index >= 15 is 0 Å². The number of rotatable bonds is 9. The van der Waals surface area contributed by atoms with Gasteiger partial charge in [-0.3, -0.25) is 18.7 Å². The largest absolute Gasteiger partial charge is 0.491 e. The van der Waals surface area contributed by atoms with Crippen molar-refractivity contribution >= 4 is 27.7 Å². The molecule has 2 N–H and O–H groups in total. The van der Waals surface area contributed by atoms with Gasteiger partial charge in [0.05, 0.1) is 29.7 Å². The zero-order valence-electron chi connectivity index (χ0n) is 26.8. The molecule has 0 aliphatic carbocycles. The Morgan fingerprint density at radius 2 is 1.85 bits per heavy atom. The van der Waals surface area contributed by atoms with E-state index in [-0.39, 0.29) is 49.6 Å². The van der Waals surface area contributed by atoms with Crippen LogP contribution in [0.5, 0.6) is 5.75 Å². The first-order valence-electron chi connectivity index (χ1n) is 15.6. The molecule has 1 aliphatic heterocycles. The third kappa shape index (κ3) is 6.67. The lowest BCUT2D eigenvalue weighted by Crippen LogP contribution is -2.47. The van der Waals surface area contributed by atoms with Gasteiger partial charge in [0.15, 0.2) is 0 Å². The highest BCUT2D eigenvalue weighted by molar-refractivity contribution is 9.10. The molecule has 0 saturated heterocycles. The molecule has 246 valence electrons. The van der Waals surface area contributed by atoms with Crippen molar-refractivity contribution in [3.8, 4) is 22.7 Å². The molecule has 2 amide bonds. The first kappa shape index (κ1) is 32.9. The molecule has 2 aromatic heterocycles. The van der Waals surface area contributed by atoms with Gasteiger partial charge in [-0.05, 0) is 86.5 Å². The van der Waals surface area contributed by atoms with Crippen LogP contribution in [0, 0.1) is 6.92 Å². The summed E-state index contributed by atoms with van der Waals surface area (Å²) in [5.74, 6) is -0.141. The van der Waals surface area contributed by atoms with Gasteiger partial charge in [0.25, 0.3) is 11.8 Å². The van der Waals surface area contributed by atoms with Crippen molar-refractivity contribution in [3.05, 3.63) is 128 Å². The Kier molecular flexibility index (Phi) is 9.56. The summed E-state index contributed by atoms with van der Waals surface area (Å²) in [6.45, 7) is 6.00. The van der Waals surface area contributed by atoms with Gasteiger partial charge in [0.2, 0.25) is 0 Å². The minimum atomic E-state index is -0.645. The van der Waals surface area contributed by atoms with Crippen LogP contribution in [-0.2, 0) is 19.6 Å². The number of aliphatic hydroxyl groups is 1. The van der Waals surface area contributed by atoms with E-state index in [1.165, 1.54) is 4.57 Å². The second-order valence-electron chi connectivity index (χ2n) is 11.9. The molecule has 0 bridgehead atoms. The van der Waals surface area contributed by atoms with Gasteiger partial charge in [-0.2, -0.15) is 10.2 Å². The number of fused-ring (bicyclic) bond motifs is 1. The van der Waals surface area contributed by atoms with E-state index in [1.807, 2.05) is 56.3 Å². The summed E-state index contributed by atoms with van der Waals surface area (Å²) in [7, 11) is 0. The van der Waals surface area contributed by atoms with Crippen LogP contribution in [0.4, 0.5) is 0 Å². The number of aromatic nitrogens is 4. The Morgan fingerprint density at radius 1 is 1.08 bits per heavy atom. The zero-order valence-corrected chi connectivity index (χ0v) is 28.3. The molecule has 3 aromatic carbocycles. The topological polar surface area (TPSA) is 132 Å². The number of amides is 2. The normalized spacial score (nSPS) is 14.7. The average molecular weight is 712 g/mol. The minimum absolute atomic E-state index is 0.0614. The number of carbonyl (C=O) groups excluding carboxylic acids is 2. The molecule has 0 radical (unpaired) electrons. The number of halogens is 1. The molecule has 0 saturated carbocycles. The fourth-order valence-corrected chi connectivity index (χ4v) is 6.09. The summed E-state index contributed by atoms with van der Waals surface area (Å²) >= 11 is 3.50. The maximum Gasteiger partial charge on any atom is 0.333 e. The van der Waals surface area contributed by atoms with Crippen molar-refractivity contribution in [2.45, 2.75) is 52.6 Å². The van der Waals surface area contributed by atoms with Crippen LogP contribution in [0.1, 0.15) is 51.5 Å². The standard InChI is InChI=1S/C36H35BrN6O5/c1-22-17-25(10-15-30(22)37)35(46)41-20-32-33(34(45)38-18-26-7-4-5-8-29(26)31-9-6-16-39-40-31)43(36(47)42(32)19-23(41)2)27-11-13-28(14-12-27)48-21-24(3)44/h4-17,23-24,44H,18-21H2,1-3H3,(H,38,45)/t23-,24-/m0/s1. The number of nitrogens with one attached hydrogen (secondary N) is 1. The highest BCUT2D eigenvalue weighted by atomic mass is 79.9. The number of imidazole rings is 1. The molecule has 6 rings (SSSR count). The predicted octanol–water partition coefficient (Wildman–Crippen LogP) is 4.90. The Balaban J connectivity index is 1.38. The first-order valence-corrected chi connectivity index (χ1v) is 16.4. The third-order valence-corrected chi connectivity index (χ3v) is 9.21. The Morgan fingerprint density at radius 3 is 2.56 bits per heavy atom. The third-order valence-electron chi connectivity index (χ3n) is 8.32. The Labute approximate surface area is 285 Å². The molecule has 12 heteroatoms. The van der Waals surface area contributed by atoms with Gasteiger partial charge in [0.1, 0.15) is 18.1 Å². The number of ether oxygens (including phenoxy) is 1. The van der Waals surface area contributed by atoms with Crippen molar-refractivity contribution in [3.63, 3.8) is 0 Å². The molecule has 11 nitrogen and oxygen atoms in total. The van der Waals surface area contributed by atoms with Gasteiger partial charge in [-0.15, -0.1) is 0 Å². The van der Waals surface area contributed by atoms with E-state index < -0.39 is 12.0 Å². The highest BCUT2D eigenvalue weighted by Crippen LogP contribution is 2.27. The number of hydrogen-bond acceptors (Lipinski definition) is 7. The molecule has 48 heavy (non-hydrogen) atoms. The monoisotopic (exact) mass is 710 g/mol. The summed E-state index contributed by atoms with van der Waals surface area (Å²) in [5, 5.41) is 20.9. The lowest BCUT2D eigenvalue weighted by Gasteiger charge is -2.34. The van der Waals surface area contributed by atoms with Crippen LogP contribution >= 0.6 is 15.9 Å². The van der Waals surface area contributed by atoms with Crippen molar-refractivity contribution in [2.24, 2.45) is 0 Å². The van der Waals surface area contributed by atoms with Gasteiger partial charge in [-0.1, -0.05) is 40.2 Å². The lowest BCUT2D eigenvalue weighted by atomic mass is 10.0. The molecular formula is C36H35BrN6O5. The van der Waals surface area contributed by atoms with Gasteiger partial charge in [0, 0.05) is 40.9 Å². The summed E-state index contributed by atoms with van der Waals surface area (Å²) in [6.07, 6.45) is 0.955. The van der Waals surface area contributed by atoms with Crippen molar-refractivity contribution < 1.29 is 19.4 Å². The number of hydrogen-bond donors (Lipinski definition) is 2. The van der Waals surface area contributed by atoms with E-state index in [9.17, 15) is 19.5 Å². The fraction of sp³-hybridized carbons (Fsp3) is 0.250. The number of carbonyl (C=O) groups is 2. The van der Waals surface area contributed by atoms with Crippen molar-refractivity contribution in [1.29, 1.82) is 0 Å². The second-order valence-corrected chi connectivity index (χ2v) is 12.7. The van der Waals surface area contributed by atoms with Gasteiger partial charge in [-0.25, -0.2) is 4.79 Å². The van der Waals surface area contributed by atoms with Crippen LogP contribution in [0.15, 0.2) is 94.3 Å². The smallest absolute Gasteiger partial charge is 0.333 e. The van der Waals surface area contributed by atoms with Gasteiger partial charge < -0.3 is 20.1 Å². The van der Waals surface area contributed by atoms with E-state index in [0.717, 1.165) is 21.2 Å². The SMILES string of the molecule is Cc1cc(C(=O)N2Cc3c(C(=O)NCc4ccccc4-c4cccnn4)n(-c4ccc(OC[C@H](C)O)cc4)c(=O)n3C[C@@H]2C)ccc1Br. The molecular weight excluding hydrogens is 676 g/mol. The Hall–Kier alpha value is -5.07. The van der Waals surface area contributed by atoms with Crippen LogP contribution < -0.4 is 15.7 Å². The number of aryl methyl sites for hydroxylation is 1. The zero-order chi connectivity index (χ0) is 33.9. The van der Waals surface area contributed by atoms with Crippen LogP contribution in [0.2, 0.25) is 0 Å². The maximum atomic E-state index is 14.2. The summed E-state index contributed by atoms with van der Waals surface area (Å²) in [5.41, 5.74) is 4.44.